The molecule has 2 rings (SSSR count). The molecule has 1 aromatic rings. The second-order valence-corrected chi connectivity index (χ2v) is 7.20. The molecule has 20 heavy (non-hydrogen) atoms. The minimum absolute atomic E-state index is 0.0375. The first-order valence-electron chi connectivity index (χ1n) is 5.87. The van der Waals surface area contributed by atoms with Crippen molar-refractivity contribution < 1.29 is 13.2 Å². The Morgan fingerprint density at radius 3 is 2.55 bits per heavy atom. The predicted octanol–water partition coefficient (Wildman–Crippen LogP) is 1.70. The molecule has 0 aromatic heterocycles. The van der Waals surface area contributed by atoms with Gasteiger partial charge in [0.15, 0.2) is 14.9 Å². The average molecular weight is 333 g/mol. The van der Waals surface area contributed by atoms with Crippen LogP contribution >= 0.6 is 23.8 Å². The fraction of sp³-hybridized carbons (Fsp3) is 0.333. The number of thiocarbonyl (C=S) groups is 1. The van der Waals surface area contributed by atoms with Crippen LogP contribution in [0, 0.1) is 0 Å². The van der Waals surface area contributed by atoms with Gasteiger partial charge in [0, 0.05) is 17.8 Å². The van der Waals surface area contributed by atoms with Gasteiger partial charge < -0.3 is 4.90 Å². The van der Waals surface area contributed by atoms with Crippen molar-refractivity contribution in [3.8, 4) is 0 Å². The third-order valence-electron chi connectivity index (χ3n) is 2.98. The monoisotopic (exact) mass is 332 g/mol. The van der Waals surface area contributed by atoms with E-state index < -0.39 is 9.84 Å². The molecule has 0 unspecified atom stereocenters. The first kappa shape index (κ1) is 15.2. The first-order valence-corrected chi connectivity index (χ1v) is 8.55. The molecular formula is C12H13ClN2O3S2. The summed E-state index contributed by atoms with van der Waals surface area (Å²) in [6.07, 6.45) is 1.08. The van der Waals surface area contributed by atoms with Crippen molar-refractivity contribution in [1.82, 2.24) is 4.90 Å². The van der Waals surface area contributed by atoms with Crippen LogP contribution in [-0.4, -0.2) is 43.7 Å². The van der Waals surface area contributed by atoms with E-state index in [9.17, 15) is 13.2 Å². The van der Waals surface area contributed by atoms with Gasteiger partial charge in [0.25, 0.3) is 5.91 Å². The Bertz CT molecular complexity index is 688. The number of benzene rings is 1. The molecule has 1 aliphatic rings. The number of amides is 1. The van der Waals surface area contributed by atoms with Gasteiger partial charge in [0.05, 0.1) is 17.1 Å². The van der Waals surface area contributed by atoms with Crippen LogP contribution in [0.15, 0.2) is 23.1 Å². The molecule has 108 valence electrons. The molecule has 1 aliphatic heterocycles. The Hall–Kier alpha value is -1.18. The molecule has 0 aliphatic carbocycles. The number of nitrogens with zero attached hydrogens (tertiary/aromatic N) is 2. The lowest BCUT2D eigenvalue weighted by Crippen LogP contribution is -2.33. The van der Waals surface area contributed by atoms with Crippen molar-refractivity contribution in [3.05, 3.63) is 23.2 Å². The van der Waals surface area contributed by atoms with E-state index in [1.165, 1.54) is 23.1 Å². The number of carbonyl (C=O) groups is 1. The Morgan fingerprint density at radius 2 is 2.05 bits per heavy atom. The van der Waals surface area contributed by atoms with Gasteiger partial charge in [-0.05, 0) is 37.3 Å². The van der Waals surface area contributed by atoms with Gasteiger partial charge in [-0.25, -0.2) is 8.42 Å². The van der Waals surface area contributed by atoms with Crippen molar-refractivity contribution in [2.24, 2.45) is 0 Å². The zero-order valence-electron chi connectivity index (χ0n) is 11.0. The summed E-state index contributed by atoms with van der Waals surface area (Å²) in [6, 6.07) is 4.31. The van der Waals surface area contributed by atoms with Crippen LogP contribution in [0.3, 0.4) is 0 Å². The number of anilines is 1. The van der Waals surface area contributed by atoms with E-state index in [0.29, 0.717) is 16.7 Å². The highest BCUT2D eigenvalue weighted by Gasteiger charge is 2.35. The Morgan fingerprint density at radius 1 is 1.40 bits per heavy atom. The minimum atomic E-state index is -3.49. The zero-order chi connectivity index (χ0) is 15.1. The van der Waals surface area contributed by atoms with Crippen LogP contribution in [0.25, 0.3) is 0 Å². The molecule has 0 bridgehead atoms. The third kappa shape index (κ3) is 2.65. The van der Waals surface area contributed by atoms with Gasteiger partial charge in [0.2, 0.25) is 0 Å². The number of carbonyl (C=O) groups excluding carboxylic acids is 1. The summed E-state index contributed by atoms with van der Waals surface area (Å²) in [4.78, 5) is 15.1. The van der Waals surface area contributed by atoms with Crippen LogP contribution in [0.5, 0.6) is 0 Å². The number of likely N-dealkylation sites (N-methyl/N-ethyl adjacent to an activating group) is 1. The van der Waals surface area contributed by atoms with Gasteiger partial charge in [-0.1, -0.05) is 11.6 Å². The summed E-state index contributed by atoms with van der Waals surface area (Å²) in [6.45, 7) is 2.60. The van der Waals surface area contributed by atoms with E-state index in [4.69, 9.17) is 23.8 Å². The van der Waals surface area contributed by atoms with E-state index in [-0.39, 0.29) is 23.0 Å². The summed E-state index contributed by atoms with van der Waals surface area (Å²) in [5.41, 5.74) is 0.214. The molecular weight excluding hydrogens is 320 g/mol. The highest BCUT2D eigenvalue weighted by atomic mass is 35.5. The van der Waals surface area contributed by atoms with Gasteiger partial charge >= 0.3 is 0 Å². The SMILES string of the molecule is CCN1CC(=O)N(c2cc(Cl)ccc2S(C)(=O)=O)C1=S. The van der Waals surface area contributed by atoms with Crippen molar-refractivity contribution in [2.75, 3.05) is 24.2 Å². The van der Waals surface area contributed by atoms with Gasteiger partial charge in [0.1, 0.15) is 0 Å². The van der Waals surface area contributed by atoms with E-state index in [0.717, 1.165) is 6.26 Å². The van der Waals surface area contributed by atoms with Crippen molar-refractivity contribution in [3.63, 3.8) is 0 Å². The molecule has 1 heterocycles. The summed E-state index contributed by atoms with van der Waals surface area (Å²) in [7, 11) is -3.49. The average Bonchev–Trinajstić information content (AvgIpc) is 2.62. The quantitative estimate of drug-likeness (QED) is 0.788. The Labute approximate surface area is 128 Å². The van der Waals surface area contributed by atoms with Gasteiger partial charge in [-0.2, -0.15) is 0 Å². The lowest BCUT2D eigenvalue weighted by Gasteiger charge is -2.21. The van der Waals surface area contributed by atoms with Crippen molar-refractivity contribution in [2.45, 2.75) is 11.8 Å². The normalized spacial score (nSPS) is 16.1. The van der Waals surface area contributed by atoms with Crippen LogP contribution in [0.1, 0.15) is 6.92 Å². The number of hydrogen-bond acceptors (Lipinski definition) is 4. The number of halogens is 1. The molecule has 0 radical (unpaired) electrons. The molecule has 5 nitrogen and oxygen atoms in total. The summed E-state index contributed by atoms with van der Waals surface area (Å²) in [5, 5.41) is 0.641. The maximum absolute atomic E-state index is 12.1. The van der Waals surface area contributed by atoms with E-state index in [1.807, 2.05) is 6.92 Å². The second-order valence-electron chi connectivity index (χ2n) is 4.41. The second kappa shape index (κ2) is 5.31. The van der Waals surface area contributed by atoms with E-state index in [1.54, 1.807) is 4.90 Å². The fourth-order valence-corrected chi connectivity index (χ4v) is 3.42. The summed E-state index contributed by atoms with van der Waals surface area (Å²) in [5.74, 6) is -0.260. The van der Waals surface area contributed by atoms with Crippen molar-refractivity contribution >= 4 is 50.4 Å². The third-order valence-corrected chi connectivity index (χ3v) is 4.80. The number of rotatable bonds is 3. The molecule has 1 amide bonds. The topological polar surface area (TPSA) is 57.7 Å². The highest BCUT2D eigenvalue weighted by molar-refractivity contribution is 7.90. The largest absolute Gasteiger partial charge is 0.339 e. The molecule has 0 spiro atoms. The minimum Gasteiger partial charge on any atom is -0.339 e. The summed E-state index contributed by atoms with van der Waals surface area (Å²) >= 11 is 11.2. The molecule has 8 heteroatoms. The fourth-order valence-electron chi connectivity index (χ4n) is 2.01. The molecule has 0 N–H and O–H groups in total. The van der Waals surface area contributed by atoms with Gasteiger partial charge in [-0.15, -0.1) is 0 Å². The zero-order valence-corrected chi connectivity index (χ0v) is 13.3. The highest BCUT2D eigenvalue weighted by Crippen LogP contribution is 2.31. The molecule has 1 fully saturated rings. The van der Waals surface area contributed by atoms with E-state index in [2.05, 4.69) is 0 Å². The Balaban J connectivity index is 2.61. The van der Waals surface area contributed by atoms with Crippen LogP contribution < -0.4 is 4.90 Å². The van der Waals surface area contributed by atoms with Crippen molar-refractivity contribution in [1.29, 1.82) is 0 Å². The molecule has 0 atom stereocenters. The number of sulfone groups is 1. The summed E-state index contributed by atoms with van der Waals surface area (Å²) < 4.78 is 23.7. The number of hydrogen-bond donors (Lipinski definition) is 0. The van der Waals surface area contributed by atoms with Crippen LogP contribution in [0.4, 0.5) is 5.69 Å². The predicted molar refractivity (Wildman–Crippen MR) is 81.9 cm³/mol. The maximum Gasteiger partial charge on any atom is 0.252 e. The first-order chi connectivity index (χ1) is 9.25. The molecule has 0 saturated carbocycles. The standard InChI is InChI=1S/C12H13ClN2O3S2/c1-3-14-7-11(16)15(12(14)19)9-6-8(13)4-5-10(9)20(2,17)18/h4-6H,3,7H2,1-2H3. The van der Waals surface area contributed by atoms with Gasteiger partial charge in [-0.3, -0.25) is 9.69 Å². The van der Waals surface area contributed by atoms with Crippen LogP contribution in [-0.2, 0) is 14.6 Å². The smallest absolute Gasteiger partial charge is 0.252 e. The maximum atomic E-state index is 12.1. The molecule has 1 aromatic carbocycles. The van der Waals surface area contributed by atoms with E-state index >= 15 is 0 Å². The molecule has 1 saturated heterocycles. The van der Waals surface area contributed by atoms with Crippen LogP contribution in [0.2, 0.25) is 5.02 Å². The Kier molecular flexibility index (Phi) is 4.04. The lowest BCUT2D eigenvalue weighted by atomic mass is 10.3. The lowest BCUT2D eigenvalue weighted by molar-refractivity contribution is -0.116.